The number of amides is 1. The molecule has 1 atom stereocenters. The zero-order chi connectivity index (χ0) is 17.8. The highest BCUT2D eigenvalue weighted by atomic mass is 16.2. The molecular formula is C21H27N3O. The van der Waals surface area contributed by atoms with Crippen LogP contribution in [0.15, 0.2) is 42.5 Å². The molecule has 25 heavy (non-hydrogen) atoms. The second-order valence-corrected chi connectivity index (χ2v) is 7.23. The quantitative estimate of drug-likeness (QED) is 0.859. The molecule has 0 bridgehead atoms. The molecule has 1 aliphatic heterocycles. The smallest absolute Gasteiger partial charge is 0.236 e. The van der Waals surface area contributed by atoms with Gasteiger partial charge >= 0.3 is 0 Å². The molecule has 4 nitrogen and oxygen atoms in total. The van der Waals surface area contributed by atoms with Gasteiger partial charge in [-0.05, 0) is 52.1 Å². The summed E-state index contributed by atoms with van der Waals surface area (Å²) >= 11 is 0. The van der Waals surface area contributed by atoms with Crippen LogP contribution in [0.1, 0.15) is 30.0 Å². The number of aryl methyl sites for hydroxylation is 1. The number of carbonyl (C=O) groups is 1. The SMILES string of the molecule is Cc1cccc(-c2cccc(C3CCCN(C(=O)CN(C)C)C3)n2)c1. The van der Waals surface area contributed by atoms with Crippen LogP contribution in [0.4, 0.5) is 0 Å². The van der Waals surface area contributed by atoms with Gasteiger partial charge in [-0.15, -0.1) is 0 Å². The normalized spacial score (nSPS) is 17.8. The number of rotatable bonds is 4. The first kappa shape index (κ1) is 17.6. The van der Waals surface area contributed by atoms with Crippen molar-refractivity contribution in [2.75, 3.05) is 33.7 Å². The highest BCUT2D eigenvalue weighted by molar-refractivity contribution is 5.78. The molecule has 2 heterocycles. The van der Waals surface area contributed by atoms with Gasteiger partial charge in [-0.1, -0.05) is 29.8 Å². The van der Waals surface area contributed by atoms with Crippen molar-refractivity contribution >= 4 is 5.91 Å². The van der Waals surface area contributed by atoms with Gasteiger partial charge in [-0.25, -0.2) is 0 Å². The lowest BCUT2D eigenvalue weighted by Gasteiger charge is -2.33. The predicted molar refractivity (Wildman–Crippen MR) is 102 cm³/mol. The van der Waals surface area contributed by atoms with Crippen LogP contribution >= 0.6 is 0 Å². The Hall–Kier alpha value is -2.20. The lowest BCUT2D eigenvalue weighted by molar-refractivity contribution is -0.133. The molecule has 0 saturated carbocycles. The number of nitrogens with zero attached hydrogens (tertiary/aromatic N) is 3. The third-order valence-electron chi connectivity index (χ3n) is 4.73. The lowest BCUT2D eigenvalue weighted by Crippen LogP contribution is -2.43. The first-order chi connectivity index (χ1) is 12.0. The average molecular weight is 337 g/mol. The van der Waals surface area contributed by atoms with Crippen molar-refractivity contribution in [3.63, 3.8) is 0 Å². The summed E-state index contributed by atoms with van der Waals surface area (Å²) in [5, 5.41) is 0. The summed E-state index contributed by atoms with van der Waals surface area (Å²) in [7, 11) is 3.87. The van der Waals surface area contributed by atoms with Gasteiger partial charge in [-0.2, -0.15) is 0 Å². The Labute approximate surface area is 150 Å². The fraction of sp³-hybridized carbons (Fsp3) is 0.429. The van der Waals surface area contributed by atoms with Gasteiger partial charge in [0.2, 0.25) is 5.91 Å². The topological polar surface area (TPSA) is 36.4 Å². The minimum absolute atomic E-state index is 0.213. The summed E-state index contributed by atoms with van der Waals surface area (Å²) in [4.78, 5) is 21.2. The number of benzene rings is 1. The molecule has 0 aliphatic carbocycles. The second kappa shape index (κ2) is 7.79. The predicted octanol–water partition coefficient (Wildman–Crippen LogP) is 3.32. The summed E-state index contributed by atoms with van der Waals surface area (Å²) in [6.07, 6.45) is 2.14. The average Bonchev–Trinajstić information content (AvgIpc) is 2.61. The first-order valence-electron chi connectivity index (χ1n) is 8.99. The van der Waals surface area contributed by atoms with Crippen molar-refractivity contribution in [3.8, 4) is 11.3 Å². The number of likely N-dealkylation sites (N-methyl/N-ethyl adjacent to an activating group) is 1. The minimum Gasteiger partial charge on any atom is -0.341 e. The maximum absolute atomic E-state index is 12.4. The van der Waals surface area contributed by atoms with E-state index in [9.17, 15) is 4.79 Å². The van der Waals surface area contributed by atoms with E-state index in [0.29, 0.717) is 12.5 Å². The van der Waals surface area contributed by atoms with Gasteiger partial charge in [0.05, 0.1) is 12.2 Å². The van der Waals surface area contributed by atoms with Gasteiger partial charge in [0, 0.05) is 30.3 Å². The van der Waals surface area contributed by atoms with E-state index in [0.717, 1.165) is 42.9 Å². The molecule has 0 N–H and O–H groups in total. The summed E-state index contributed by atoms with van der Waals surface area (Å²) in [6.45, 7) is 4.21. The van der Waals surface area contributed by atoms with E-state index in [1.165, 1.54) is 5.56 Å². The first-order valence-corrected chi connectivity index (χ1v) is 8.99. The zero-order valence-electron chi connectivity index (χ0n) is 15.4. The molecule has 1 aromatic carbocycles. The third-order valence-corrected chi connectivity index (χ3v) is 4.73. The molecule has 1 aromatic heterocycles. The Balaban J connectivity index is 1.77. The lowest BCUT2D eigenvalue weighted by atomic mass is 9.93. The second-order valence-electron chi connectivity index (χ2n) is 7.23. The molecule has 0 radical (unpaired) electrons. The molecule has 1 unspecified atom stereocenters. The molecule has 0 spiro atoms. The van der Waals surface area contributed by atoms with E-state index >= 15 is 0 Å². The van der Waals surface area contributed by atoms with Crippen LogP contribution < -0.4 is 0 Å². The van der Waals surface area contributed by atoms with E-state index in [-0.39, 0.29) is 5.91 Å². The fourth-order valence-corrected chi connectivity index (χ4v) is 3.46. The van der Waals surface area contributed by atoms with Crippen LogP contribution in [-0.4, -0.2) is 54.4 Å². The van der Waals surface area contributed by atoms with E-state index in [4.69, 9.17) is 4.98 Å². The van der Waals surface area contributed by atoms with Crippen molar-refractivity contribution in [1.82, 2.24) is 14.8 Å². The molecule has 132 valence electrons. The van der Waals surface area contributed by atoms with Crippen LogP contribution in [0.25, 0.3) is 11.3 Å². The molecule has 4 heteroatoms. The molecule has 2 aromatic rings. The summed E-state index contributed by atoms with van der Waals surface area (Å²) < 4.78 is 0. The summed E-state index contributed by atoms with van der Waals surface area (Å²) in [5.41, 5.74) is 4.50. The van der Waals surface area contributed by atoms with Crippen LogP contribution in [0.2, 0.25) is 0 Å². The summed E-state index contributed by atoms with van der Waals surface area (Å²) in [6, 6.07) is 14.7. The van der Waals surface area contributed by atoms with Crippen molar-refractivity contribution in [1.29, 1.82) is 0 Å². The number of aromatic nitrogens is 1. The molecule has 3 rings (SSSR count). The van der Waals surface area contributed by atoms with E-state index in [1.807, 2.05) is 23.9 Å². The van der Waals surface area contributed by atoms with Gasteiger partial charge in [0.15, 0.2) is 0 Å². The largest absolute Gasteiger partial charge is 0.341 e. The molecule has 1 aliphatic rings. The van der Waals surface area contributed by atoms with Crippen LogP contribution in [-0.2, 0) is 4.79 Å². The molecule has 1 amide bonds. The van der Waals surface area contributed by atoms with E-state index in [1.54, 1.807) is 0 Å². The third kappa shape index (κ3) is 4.45. The van der Waals surface area contributed by atoms with Gasteiger partial charge in [-0.3, -0.25) is 9.78 Å². The summed E-state index contributed by atoms with van der Waals surface area (Å²) in [5.74, 6) is 0.536. The highest BCUT2D eigenvalue weighted by Crippen LogP contribution is 2.28. The molecular weight excluding hydrogens is 310 g/mol. The Morgan fingerprint density at radius 2 is 2.04 bits per heavy atom. The zero-order valence-corrected chi connectivity index (χ0v) is 15.4. The highest BCUT2D eigenvalue weighted by Gasteiger charge is 2.25. The number of piperidine rings is 1. The van der Waals surface area contributed by atoms with E-state index in [2.05, 4.69) is 49.4 Å². The maximum atomic E-state index is 12.4. The Kier molecular flexibility index (Phi) is 5.49. The Bertz CT molecular complexity index is 741. The van der Waals surface area contributed by atoms with Gasteiger partial charge < -0.3 is 9.80 Å². The van der Waals surface area contributed by atoms with Crippen LogP contribution in [0.3, 0.4) is 0 Å². The molecule has 1 fully saturated rings. The van der Waals surface area contributed by atoms with Crippen LogP contribution in [0.5, 0.6) is 0 Å². The standard InChI is InChI=1S/C21H27N3O/c1-16-7-4-8-17(13-16)19-10-5-11-20(22-19)18-9-6-12-24(14-18)21(25)15-23(2)3/h4-5,7-8,10-11,13,18H,6,9,12,14-15H2,1-3H3. The monoisotopic (exact) mass is 337 g/mol. The fourth-order valence-electron chi connectivity index (χ4n) is 3.46. The molecule has 1 saturated heterocycles. The van der Waals surface area contributed by atoms with Crippen molar-refractivity contribution in [3.05, 3.63) is 53.7 Å². The van der Waals surface area contributed by atoms with Crippen molar-refractivity contribution in [2.24, 2.45) is 0 Å². The number of pyridine rings is 1. The van der Waals surface area contributed by atoms with Gasteiger partial charge in [0.1, 0.15) is 0 Å². The van der Waals surface area contributed by atoms with Crippen molar-refractivity contribution in [2.45, 2.75) is 25.7 Å². The Morgan fingerprint density at radius 1 is 1.24 bits per heavy atom. The van der Waals surface area contributed by atoms with Gasteiger partial charge in [0.25, 0.3) is 0 Å². The minimum atomic E-state index is 0.213. The number of carbonyl (C=O) groups excluding carboxylic acids is 1. The number of likely N-dealkylation sites (tertiary alicyclic amines) is 1. The number of hydrogen-bond acceptors (Lipinski definition) is 3. The maximum Gasteiger partial charge on any atom is 0.236 e. The van der Waals surface area contributed by atoms with Crippen LogP contribution in [0, 0.1) is 6.92 Å². The van der Waals surface area contributed by atoms with Crippen molar-refractivity contribution < 1.29 is 4.79 Å². The Morgan fingerprint density at radius 3 is 2.80 bits per heavy atom. The van der Waals surface area contributed by atoms with E-state index < -0.39 is 0 Å². The number of hydrogen-bond donors (Lipinski definition) is 0.